The maximum atomic E-state index is 12.4. The minimum Gasteiger partial charge on any atom is -0.462 e. The highest BCUT2D eigenvalue weighted by Gasteiger charge is 2.35. The monoisotopic (exact) mass is 834 g/mol. The van der Waals surface area contributed by atoms with Crippen molar-refractivity contribution in [3.05, 3.63) is 97.2 Å². The van der Waals surface area contributed by atoms with Crippen LogP contribution in [-0.4, -0.2) is 81.0 Å². The lowest BCUT2D eigenvalue weighted by Crippen LogP contribution is -2.43. The van der Waals surface area contributed by atoms with Crippen molar-refractivity contribution in [3.8, 4) is 0 Å². The molecule has 0 amide bonds. The van der Waals surface area contributed by atoms with Crippen LogP contribution in [0.3, 0.4) is 0 Å². The Morgan fingerprint density at radius 2 is 1.33 bits per heavy atom. The van der Waals surface area contributed by atoms with Crippen molar-refractivity contribution >= 4 is 19.8 Å². The summed E-state index contributed by atoms with van der Waals surface area (Å²) < 4.78 is 31.9. The molecule has 1 aliphatic rings. The first-order chi connectivity index (χ1) is 27.9. The molecule has 0 aromatic heterocycles. The van der Waals surface area contributed by atoms with Crippen LogP contribution in [0.4, 0.5) is 0 Å². The molecule has 6 atom stereocenters. The van der Waals surface area contributed by atoms with Gasteiger partial charge in [-0.3, -0.25) is 14.1 Å². The predicted octanol–water partition coefficient (Wildman–Crippen LogP) is 8.73. The van der Waals surface area contributed by atoms with Gasteiger partial charge in [0.05, 0.1) is 24.9 Å². The largest absolute Gasteiger partial charge is 0.469 e. The number of esters is 2. The molecule has 0 bridgehead atoms. The summed E-state index contributed by atoms with van der Waals surface area (Å²) in [7, 11) is -4.85. The fourth-order valence-electron chi connectivity index (χ4n) is 5.73. The van der Waals surface area contributed by atoms with E-state index in [1.807, 2.05) is 30.4 Å². The molecule has 0 radical (unpaired) electrons. The average Bonchev–Trinajstić information content (AvgIpc) is 3.17. The van der Waals surface area contributed by atoms with Gasteiger partial charge in [-0.15, -0.1) is 0 Å². The van der Waals surface area contributed by atoms with Crippen LogP contribution in [0, 0.1) is 5.92 Å². The lowest BCUT2D eigenvalue weighted by atomic mass is 9.87. The van der Waals surface area contributed by atoms with Crippen molar-refractivity contribution in [2.24, 2.45) is 5.92 Å². The van der Waals surface area contributed by atoms with E-state index in [9.17, 15) is 29.5 Å². The van der Waals surface area contributed by atoms with Crippen molar-refractivity contribution in [1.29, 1.82) is 0 Å². The SMILES string of the molecule is CC/C=C\C/C=C\C/C=C\C/C=C\C/C=C\C/C=C\CCC(=O)O[C@H](COC(=O)CCC/C=C\C[C@H]1[C@@H](O)CC(O)O[C@@H]1/C=C/[C@@H](O)CCCCC)COP(=O)(O)O. The number of aliphatic hydroxyl groups excluding tert-OH is 3. The topological polar surface area (TPSA) is 189 Å². The first-order valence-electron chi connectivity index (χ1n) is 20.9. The smallest absolute Gasteiger partial charge is 0.462 e. The zero-order chi connectivity index (χ0) is 42.7. The molecular formula is C45H71O12P. The van der Waals surface area contributed by atoms with Gasteiger partial charge in [0.25, 0.3) is 0 Å². The van der Waals surface area contributed by atoms with Crippen LogP contribution in [0.1, 0.15) is 123 Å². The van der Waals surface area contributed by atoms with E-state index in [1.54, 1.807) is 12.2 Å². The van der Waals surface area contributed by atoms with E-state index in [4.69, 9.17) is 24.0 Å². The highest BCUT2D eigenvalue weighted by Crippen LogP contribution is 2.36. The number of aliphatic hydroxyl groups is 3. The molecule has 12 nitrogen and oxygen atoms in total. The highest BCUT2D eigenvalue weighted by molar-refractivity contribution is 7.46. The van der Waals surface area contributed by atoms with E-state index in [1.165, 1.54) is 0 Å². The van der Waals surface area contributed by atoms with E-state index >= 15 is 0 Å². The first-order valence-corrected chi connectivity index (χ1v) is 22.5. The van der Waals surface area contributed by atoms with Gasteiger partial charge in [-0.2, -0.15) is 0 Å². The highest BCUT2D eigenvalue weighted by atomic mass is 31.2. The molecule has 0 aromatic carbocycles. The molecule has 1 fully saturated rings. The number of ether oxygens (including phenoxy) is 3. The van der Waals surface area contributed by atoms with Crippen LogP contribution in [0.2, 0.25) is 0 Å². The standard InChI is InChI=1S/C45H71O12P/c1-3-5-7-8-9-10-11-12-13-14-15-16-17-18-19-20-21-22-28-32-44(49)56-39(37-55-58(51,52)53)36-54-43(48)31-27-24-23-26-30-40-41(47)35-45(50)57-42(40)34-33-38(46)29-25-6-4-2/h5,7,9-10,12-13,15-16,18-19,21-23,26,33-34,38-42,45-47,50H,3-4,6,8,11,14,17,20,24-25,27-32,35-37H2,1-2H3,(H2,51,52,53)/b7-5-,10-9-,13-12-,16-15-,19-18-,22-21-,26-23-,34-33+/t38-,39+,40-,41-,42+,45?/m0/s1. The Morgan fingerprint density at radius 3 is 1.91 bits per heavy atom. The summed E-state index contributed by atoms with van der Waals surface area (Å²) in [6.45, 7) is 3.15. The van der Waals surface area contributed by atoms with Crippen LogP contribution < -0.4 is 0 Å². The van der Waals surface area contributed by atoms with Crippen molar-refractivity contribution in [1.82, 2.24) is 0 Å². The Kier molecular flexibility index (Phi) is 31.6. The van der Waals surface area contributed by atoms with Crippen molar-refractivity contribution in [3.63, 3.8) is 0 Å². The molecule has 328 valence electrons. The predicted molar refractivity (Wildman–Crippen MR) is 228 cm³/mol. The molecule has 1 rings (SSSR count). The molecule has 1 heterocycles. The van der Waals surface area contributed by atoms with E-state index < -0.39 is 63.7 Å². The molecule has 58 heavy (non-hydrogen) atoms. The number of carbonyl (C=O) groups is 2. The summed E-state index contributed by atoms with van der Waals surface area (Å²) in [6, 6.07) is 0. The number of carbonyl (C=O) groups excluding carboxylic acids is 2. The lowest BCUT2D eigenvalue weighted by Gasteiger charge is -2.36. The number of hydrogen-bond acceptors (Lipinski definition) is 10. The zero-order valence-corrected chi connectivity index (χ0v) is 35.6. The van der Waals surface area contributed by atoms with E-state index in [0.29, 0.717) is 38.5 Å². The maximum Gasteiger partial charge on any atom is 0.469 e. The summed E-state index contributed by atoms with van der Waals surface area (Å²) in [6.07, 6.45) is 39.0. The average molecular weight is 835 g/mol. The quantitative estimate of drug-likeness (QED) is 0.0188. The van der Waals surface area contributed by atoms with E-state index in [-0.39, 0.29) is 25.2 Å². The molecular weight excluding hydrogens is 763 g/mol. The Hall–Kier alpha value is -3.19. The maximum absolute atomic E-state index is 12.4. The van der Waals surface area contributed by atoms with Gasteiger partial charge in [0.1, 0.15) is 6.61 Å². The number of hydrogen-bond donors (Lipinski definition) is 5. The van der Waals surface area contributed by atoms with E-state index in [0.717, 1.165) is 51.4 Å². The second-order valence-corrected chi connectivity index (χ2v) is 15.3. The Balaban J connectivity index is 2.38. The summed E-state index contributed by atoms with van der Waals surface area (Å²) in [5.74, 6) is -1.51. The lowest BCUT2D eigenvalue weighted by molar-refractivity contribution is -0.199. The van der Waals surface area contributed by atoms with Crippen LogP contribution in [0.5, 0.6) is 0 Å². The third kappa shape index (κ3) is 30.8. The van der Waals surface area contributed by atoms with Gasteiger partial charge in [-0.05, 0) is 70.6 Å². The molecule has 1 saturated heterocycles. The van der Waals surface area contributed by atoms with Gasteiger partial charge >= 0.3 is 19.8 Å². The van der Waals surface area contributed by atoms with Gasteiger partial charge in [-0.1, -0.05) is 130 Å². The zero-order valence-electron chi connectivity index (χ0n) is 34.7. The van der Waals surface area contributed by atoms with Gasteiger partial charge in [-0.25, -0.2) is 4.57 Å². The molecule has 1 unspecified atom stereocenters. The molecule has 0 spiro atoms. The van der Waals surface area contributed by atoms with Crippen molar-refractivity contribution < 1.29 is 58.0 Å². The number of unbranched alkanes of at least 4 members (excludes halogenated alkanes) is 3. The van der Waals surface area contributed by atoms with E-state index in [2.05, 4.69) is 73.1 Å². The van der Waals surface area contributed by atoms with Gasteiger partial charge in [0.15, 0.2) is 12.4 Å². The van der Waals surface area contributed by atoms with Crippen molar-refractivity contribution in [2.45, 2.75) is 154 Å². The fraction of sp³-hybridized carbons (Fsp3) is 0.600. The normalized spacial score (nSPS) is 20.7. The minimum absolute atomic E-state index is 0.0253. The van der Waals surface area contributed by atoms with Crippen LogP contribution in [0.25, 0.3) is 0 Å². The van der Waals surface area contributed by atoms with Crippen LogP contribution in [-0.2, 0) is 32.9 Å². The van der Waals surface area contributed by atoms with Crippen molar-refractivity contribution in [2.75, 3.05) is 13.2 Å². The number of allylic oxidation sites excluding steroid dienone is 14. The second-order valence-electron chi connectivity index (χ2n) is 14.1. The Bertz CT molecular complexity index is 1380. The first kappa shape index (κ1) is 52.8. The van der Waals surface area contributed by atoms with Crippen LogP contribution >= 0.6 is 7.82 Å². The molecule has 13 heteroatoms. The number of phosphoric ester groups is 1. The van der Waals surface area contributed by atoms with Gasteiger partial charge in [0.2, 0.25) is 0 Å². The third-order valence-corrected chi connectivity index (χ3v) is 9.38. The third-order valence-electron chi connectivity index (χ3n) is 8.90. The van der Waals surface area contributed by atoms with Crippen LogP contribution in [0.15, 0.2) is 97.2 Å². The Labute approximate surface area is 347 Å². The summed E-state index contributed by atoms with van der Waals surface area (Å²) in [5, 5.41) is 30.8. The summed E-state index contributed by atoms with van der Waals surface area (Å²) in [4.78, 5) is 43.1. The minimum atomic E-state index is -4.85. The fourth-order valence-corrected chi connectivity index (χ4v) is 6.09. The molecule has 0 saturated carbocycles. The molecule has 1 aliphatic heterocycles. The number of rotatable bonds is 32. The summed E-state index contributed by atoms with van der Waals surface area (Å²) in [5.41, 5.74) is 0. The summed E-state index contributed by atoms with van der Waals surface area (Å²) >= 11 is 0. The Morgan fingerprint density at radius 1 is 0.741 bits per heavy atom. The second kappa shape index (κ2) is 34.7. The molecule has 0 aliphatic carbocycles. The number of phosphoric acid groups is 1. The van der Waals surface area contributed by atoms with Gasteiger partial charge in [0, 0.05) is 25.2 Å². The molecule has 0 aromatic rings. The van der Waals surface area contributed by atoms with Gasteiger partial charge < -0.3 is 39.3 Å². The molecule has 5 N–H and O–H groups in total.